The summed E-state index contributed by atoms with van der Waals surface area (Å²) in [6, 6.07) is 0. The third kappa shape index (κ3) is 6.34. The summed E-state index contributed by atoms with van der Waals surface area (Å²) in [5, 5.41) is 0. The average Bonchev–Trinajstić information content (AvgIpc) is 2.11. The Kier molecular flexibility index (Phi) is 6.62. The summed E-state index contributed by atoms with van der Waals surface area (Å²) in [6.45, 7) is 6.34. The van der Waals surface area contributed by atoms with Crippen molar-refractivity contribution in [3.63, 3.8) is 0 Å². The van der Waals surface area contributed by atoms with Gasteiger partial charge in [0.2, 0.25) is 6.41 Å². The Hall–Kier alpha value is -1.19. The van der Waals surface area contributed by atoms with Gasteiger partial charge in [-0.05, 0) is 20.3 Å². The lowest BCUT2D eigenvalue weighted by Gasteiger charge is -2.18. The molecule has 0 fully saturated rings. The van der Waals surface area contributed by atoms with Gasteiger partial charge in [-0.25, -0.2) is 0 Å². The Morgan fingerprint density at radius 2 is 2.07 bits per heavy atom. The smallest absolute Gasteiger partial charge is 0.209 e. The van der Waals surface area contributed by atoms with Gasteiger partial charge < -0.3 is 15.5 Å². The van der Waals surface area contributed by atoms with Crippen molar-refractivity contribution < 1.29 is 4.79 Å². The number of carbonyl (C=O) groups is 1. The van der Waals surface area contributed by atoms with Gasteiger partial charge in [-0.15, -0.1) is 0 Å². The van der Waals surface area contributed by atoms with E-state index in [4.69, 9.17) is 5.73 Å². The van der Waals surface area contributed by atoms with E-state index in [0.717, 1.165) is 38.2 Å². The number of hydrogen-bond donors (Lipinski definition) is 1. The van der Waals surface area contributed by atoms with E-state index in [9.17, 15) is 4.79 Å². The van der Waals surface area contributed by atoms with Gasteiger partial charge in [-0.1, -0.05) is 0 Å². The normalized spacial score (nSPS) is 11.2. The molecule has 4 heteroatoms. The molecule has 82 valence electrons. The predicted molar refractivity (Wildman–Crippen MR) is 58.5 cm³/mol. The van der Waals surface area contributed by atoms with Crippen LogP contribution < -0.4 is 5.73 Å². The van der Waals surface area contributed by atoms with E-state index < -0.39 is 0 Å². The number of hydrogen-bond acceptors (Lipinski definition) is 3. The van der Waals surface area contributed by atoms with Crippen molar-refractivity contribution in [1.82, 2.24) is 9.80 Å². The highest BCUT2D eigenvalue weighted by Crippen LogP contribution is 1.93. The van der Waals surface area contributed by atoms with Crippen molar-refractivity contribution in [3.05, 3.63) is 11.9 Å². The van der Waals surface area contributed by atoms with Crippen molar-refractivity contribution in [1.29, 1.82) is 0 Å². The molecule has 0 aliphatic heterocycles. The number of nitrogens with two attached hydrogens (primary N) is 1. The highest BCUT2D eigenvalue weighted by molar-refractivity contribution is 5.46. The van der Waals surface area contributed by atoms with Crippen LogP contribution in [0.1, 0.15) is 20.3 Å². The summed E-state index contributed by atoms with van der Waals surface area (Å²) in [4.78, 5) is 14.3. The summed E-state index contributed by atoms with van der Waals surface area (Å²) >= 11 is 0. The molecule has 4 nitrogen and oxygen atoms in total. The largest absolute Gasteiger partial charge is 0.401 e. The minimum absolute atomic E-state index is 0.777. The molecule has 0 aromatic carbocycles. The van der Waals surface area contributed by atoms with Gasteiger partial charge in [0.25, 0.3) is 0 Å². The first-order valence-electron chi connectivity index (χ1n) is 4.93. The maximum absolute atomic E-state index is 10.5. The number of carbonyl (C=O) groups excluding carboxylic acids is 1. The minimum Gasteiger partial charge on any atom is -0.401 e. The SMILES string of the molecule is CCN(C=O)CCCN(C)/C=C(/C)N. The zero-order chi connectivity index (χ0) is 11.0. The monoisotopic (exact) mass is 199 g/mol. The van der Waals surface area contributed by atoms with Crippen molar-refractivity contribution in [2.45, 2.75) is 20.3 Å². The molecule has 0 aromatic rings. The number of amides is 1. The Balaban J connectivity index is 3.62. The molecule has 0 saturated carbocycles. The maximum atomic E-state index is 10.5. The van der Waals surface area contributed by atoms with E-state index in [1.165, 1.54) is 0 Å². The molecule has 0 aliphatic rings. The van der Waals surface area contributed by atoms with Crippen LogP contribution in [0.2, 0.25) is 0 Å². The quantitative estimate of drug-likeness (QED) is 0.611. The highest BCUT2D eigenvalue weighted by atomic mass is 16.1. The Morgan fingerprint density at radius 3 is 2.50 bits per heavy atom. The average molecular weight is 199 g/mol. The molecule has 0 aliphatic carbocycles. The maximum Gasteiger partial charge on any atom is 0.209 e. The number of nitrogens with zero attached hydrogens (tertiary/aromatic N) is 2. The fourth-order valence-electron chi connectivity index (χ4n) is 1.22. The van der Waals surface area contributed by atoms with Crippen LogP contribution in [0.15, 0.2) is 11.9 Å². The molecule has 0 atom stereocenters. The lowest BCUT2D eigenvalue weighted by atomic mass is 10.3. The predicted octanol–water partition coefficient (Wildman–Crippen LogP) is 0.607. The molecule has 0 rings (SSSR count). The first-order valence-corrected chi connectivity index (χ1v) is 4.93. The van der Waals surface area contributed by atoms with Crippen LogP contribution in [-0.4, -0.2) is 42.9 Å². The molecule has 0 heterocycles. The number of rotatable bonds is 7. The van der Waals surface area contributed by atoms with Gasteiger partial charge in [-0.2, -0.15) is 0 Å². The fraction of sp³-hybridized carbons (Fsp3) is 0.700. The third-order valence-electron chi connectivity index (χ3n) is 1.94. The van der Waals surface area contributed by atoms with E-state index >= 15 is 0 Å². The second-order valence-corrected chi connectivity index (χ2v) is 3.44. The zero-order valence-corrected chi connectivity index (χ0v) is 9.36. The molecule has 14 heavy (non-hydrogen) atoms. The Bertz CT molecular complexity index is 188. The fourth-order valence-corrected chi connectivity index (χ4v) is 1.22. The summed E-state index contributed by atoms with van der Waals surface area (Å²) in [6.07, 6.45) is 3.76. The van der Waals surface area contributed by atoms with Gasteiger partial charge in [0.1, 0.15) is 0 Å². The van der Waals surface area contributed by atoms with Gasteiger partial charge in [0.05, 0.1) is 0 Å². The summed E-state index contributed by atoms with van der Waals surface area (Å²) in [5.74, 6) is 0. The molecule has 1 amide bonds. The van der Waals surface area contributed by atoms with E-state index in [0.29, 0.717) is 0 Å². The number of allylic oxidation sites excluding steroid dienone is 1. The van der Waals surface area contributed by atoms with Crippen LogP contribution in [0, 0.1) is 0 Å². The van der Waals surface area contributed by atoms with Crippen LogP contribution in [0.4, 0.5) is 0 Å². The van der Waals surface area contributed by atoms with Crippen LogP contribution in [0.3, 0.4) is 0 Å². The van der Waals surface area contributed by atoms with Crippen LogP contribution in [0.25, 0.3) is 0 Å². The van der Waals surface area contributed by atoms with Crippen molar-refractivity contribution in [2.24, 2.45) is 5.73 Å². The molecule has 0 aromatic heterocycles. The highest BCUT2D eigenvalue weighted by Gasteiger charge is 1.98. The van der Waals surface area contributed by atoms with Crippen molar-refractivity contribution in [2.75, 3.05) is 26.7 Å². The molecule has 0 spiro atoms. The molecule has 0 bridgehead atoms. The molecule has 0 saturated heterocycles. The third-order valence-corrected chi connectivity index (χ3v) is 1.94. The van der Waals surface area contributed by atoms with E-state index in [2.05, 4.69) is 0 Å². The minimum atomic E-state index is 0.777. The first-order chi connectivity index (χ1) is 6.60. The standard InChI is InChI=1S/C10H21N3O/c1-4-13(9-14)7-5-6-12(3)8-10(2)11/h8-9H,4-7,11H2,1-3H3/b10-8-. The van der Waals surface area contributed by atoms with Gasteiger partial charge >= 0.3 is 0 Å². The lowest BCUT2D eigenvalue weighted by Crippen LogP contribution is -2.25. The molecule has 0 unspecified atom stereocenters. The van der Waals surface area contributed by atoms with Gasteiger partial charge in [0.15, 0.2) is 0 Å². The first kappa shape index (κ1) is 12.8. The molecule has 2 N–H and O–H groups in total. The van der Waals surface area contributed by atoms with Crippen LogP contribution in [0.5, 0.6) is 0 Å². The molecular formula is C10H21N3O. The van der Waals surface area contributed by atoms with Gasteiger partial charge in [-0.3, -0.25) is 4.79 Å². The van der Waals surface area contributed by atoms with Crippen LogP contribution >= 0.6 is 0 Å². The van der Waals surface area contributed by atoms with E-state index in [1.54, 1.807) is 4.90 Å². The Labute approximate surface area is 86.4 Å². The summed E-state index contributed by atoms with van der Waals surface area (Å²) in [5.41, 5.74) is 6.33. The van der Waals surface area contributed by atoms with Crippen molar-refractivity contribution in [3.8, 4) is 0 Å². The van der Waals surface area contributed by atoms with E-state index in [-0.39, 0.29) is 0 Å². The Morgan fingerprint density at radius 1 is 1.43 bits per heavy atom. The summed E-state index contributed by atoms with van der Waals surface area (Å²) in [7, 11) is 1.98. The zero-order valence-electron chi connectivity index (χ0n) is 9.36. The van der Waals surface area contributed by atoms with Crippen LogP contribution in [-0.2, 0) is 4.79 Å². The summed E-state index contributed by atoms with van der Waals surface area (Å²) < 4.78 is 0. The second kappa shape index (κ2) is 7.24. The topological polar surface area (TPSA) is 49.6 Å². The molecule has 0 radical (unpaired) electrons. The van der Waals surface area contributed by atoms with Crippen molar-refractivity contribution >= 4 is 6.41 Å². The van der Waals surface area contributed by atoms with Gasteiger partial charge in [0, 0.05) is 38.6 Å². The molecular weight excluding hydrogens is 178 g/mol. The van der Waals surface area contributed by atoms with E-state index in [1.807, 2.05) is 32.0 Å². The lowest BCUT2D eigenvalue weighted by molar-refractivity contribution is -0.118. The second-order valence-electron chi connectivity index (χ2n) is 3.44.